The van der Waals surface area contributed by atoms with Gasteiger partial charge in [-0.25, -0.2) is 0 Å². The van der Waals surface area contributed by atoms with Gasteiger partial charge in [-0.1, -0.05) is 0 Å². The summed E-state index contributed by atoms with van der Waals surface area (Å²) in [5, 5.41) is 27.4. The van der Waals surface area contributed by atoms with E-state index in [2.05, 4.69) is 0 Å². The molecule has 1 aromatic rings. The molecule has 1 heterocycles. The number of phenolic OH excluding ortho intramolecular Hbond substituents is 2. The third kappa shape index (κ3) is 2.52. The van der Waals surface area contributed by atoms with Crippen molar-refractivity contribution in [2.24, 2.45) is 0 Å². The van der Waals surface area contributed by atoms with Crippen LogP contribution in [0, 0.1) is 11.3 Å². The monoisotopic (exact) mass is 248 g/mol. The number of carbonyl (C=O) groups excluding carboxylic acids is 1. The second kappa shape index (κ2) is 4.94. The van der Waals surface area contributed by atoms with Gasteiger partial charge >= 0.3 is 0 Å². The number of nitriles is 1. The summed E-state index contributed by atoms with van der Waals surface area (Å²) in [6.07, 6.45) is -0.631. The molecule has 0 saturated carbocycles. The minimum atomic E-state index is -0.631. The summed E-state index contributed by atoms with van der Waals surface area (Å²) in [4.78, 5) is 13.6. The number of amides is 1. The lowest BCUT2D eigenvalue weighted by Gasteiger charge is -2.29. The third-order valence-electron chi connectivity index (χ3n) is 2.65. The predicted octanol–water partition coefficient (Wildman–Crippen LogP) is 0.462. The van der Waals surface area contributed by atoms with Crippen molar-refractivity contribution in [3.63, 3.8) is 0 Å². The van der Waals surface area contributed by atoms with Crippen molar-refractivity contribution in [1.29, 1.82) is 5.26 Å². The summed E-state index contributed by atoms with van der Waals surface area (Å²) in [6.45, 7) is 0.869. The van der Waals surface area contributed by atoms with Crippen LogP contribution in [0.1, 0.15) is 10.4 Å². The second-order valence-corrected chi connectivity index (χ2v) is 3.98. The standard InChI is InChI=1S/C12H12N2O4/c13-6-11-7-14(1-2-18-11)12(17)8-3-9(15)5-10(16)4-8/h3-5,11,15-16H,1-2,7H2. The maximum absolute atomic E-state index is 12.1. The smallest absolute Gasteiger partial charge is 0.254 e. The highest BCUT2D eigenvalue weighted by Gasteiger charge is 2.25. The number of rotatable bonds is 1. The molecule has 1 saturated heterocycles. The van der Waals surface area contributed by atoms with Crippen molar-refractivity contribution >= 4 is 5.91 Å². The molecular formula is C12H12N2O4. The molecule has 0 spiro atoms. The summed E-state index contributed by atoms with van der Waals surface area (Å²) in [7, 11) is 0. The van der Waals surface area contributed by atoms with Crippen molar-refractivity contribution < 1.29 is 19.7 Å². The lowest BCUT2D eigenvalue weighted by Crippen LogP contribution is -2.45. The Morgan fingerprint density at radius 3 is 2.67 bits per heavy atom. The van der Waals surface area contributed by atoms with Crippen LogP contribution in [-0.4, -0.2) is 46.8 Å². The van der Waals surface area contributed by atoms with Crippen molar-refractivity contribution in [3.05, 3.63) is 23.8 Å². The maximum atomic E-state index is 12.1. The molecule has 1 aliphatic heterocycles. The van der Waals surface area contributed by atoms with E-state index in [-0.39, 0.29) is 29.5 Å². The number of nitrogens with zero attached hydrogens (tertiary/aromatic N) is 2. The summed E-state index contributed by atoms with van der Waals surface area (Å²) in [6, 6.07) is 5.65. The largest absolute Gasteiger partial charge is 0.508 e. The number of hydrogen-bond acceptors (Lipinski definition) is 5. The summed E-state index contributed by atoms with van der Waals surface area (Å²) >= 11 is 0. The molecular weight excluding hydrogens is 236 g/mol. The number of aromatic hydroxyl groups is 2. The lowest BCUT2D eigenvalue weighted by atomic mass is 10.1. The first kappa shape index (κ1) is 12.2. The van der Waals surface area contributed by atoms with Crippen LogP contribution in [-0.2, 0) is 4.74 Å². The van der Waals surface area contributed by atoms with E-state index in [1.54, 1.807) is 0 Å². The SMILES string of the molecule is N#CC1CN(C(=O)c2cc(O)cc(O)c2)CCO1. The average molecular weight is 248 g/mol. The maximum Gasteiger partial charge on any atom is 0.254 e. The van der Waals surface area contributed by atoms with E-state index in [0.29, 0.717) is 13.2 Å². The third-order valence-corrected chi connectivity index (χ3v) is 2.65. The predicted molar refractivity (Wildman–Crippen MR) is 61.0 cm³/mol. The molecule has 2 N–H and O–H groups in total. The summed E-state index contributed by atoms with van der Waals surface area (Å²) in [5.74, 6) is -0.698. The Hall–Kier alpha value is -2.26. The van der Waals surface area contributed by atoms with Crippen LogP contribution < -0.4 is 0 Å². The quantitative estimate of drug-likeness (QED) is 0.753. The minimum absolute atomic E-state index is 0.177. The van der Waals surface area contributed by atoms with Crippen LogP contribution >= 0.6 is 0 Å². The molecule has 0 radical (unpaired) electrons. The minimum Gasteiger partial charge on any atom is -0.508 e. The molecule has 1 unspecified atom stereocenters. The van der Waals surface area contributed by atoms with Gasteiger partial charge in [-0.05, 0) is 12.1 Å². The van der Waals surface area contributed by atoms with Crippen molar-refractivity contribution in [3.8, 4) is 17.6 Å². The summed E-state index contributed by atoms with van der Waals surface area (Å²) in [5.41, 5.74) is 0.186. The van der Waals surface area contributed by atoms with Gasteiger partial charge in [0.15, 0.2) is 6.10 Å². The molecule has 1 aliphatic rings. The Bertz CT molecular complexity index is 489. The molecule has 1 fully saturated rings. The Morgan fingerprint density at radius 2 is 2.06 bits per heavy atom. The second-order valence-electron chi connectivity index (χ2n) is 3.98. The van der Waals surface area contributed by atoms with Crippen LogP contribution in [0.15, 0.2) is 18.2 Å². The van der Waals surface area contributed by atoms with E-state index in [4.69, 9.17) is 10.00 Å². The Balaban J connectivity index is 2.18. The number of benzene rings is 1. The van der Waals surface area contributed by atoms with Crippen LogP contribution in [0.2, 0.25) is 0 Å². The van der Waals surface area contributed by atoms with Gasteiger partial charge in [0.2, 0.25) is 0 Å². The van der Waals surface area contributed by atoms with Gasteiger partial charge in [-0.2, -0.15) is 5.26 Å². The number of carbonyl (C=O) groups is 1. The fourth-order valence-electron chi connectivity index (χ4n) is 1.81. The van der Waals surface area contributed by atoms with Gasteiger partial charge in [0, 0.05) is 18.2 Å². The zero-order chi connectivity index (χ0) is 13.1. The first-order valence-corrected chi connectivity index (χ1v) is 5.43. The number of morpholine rings is 1. The fourth-order valence-corrected chi connectivity index (χ4v) is 1.81. The van der Waals surface area contributed by atoms with Crippen molar-refractivity contribution in [2.45, 2.75) is 6.10 Å². The molecule has 94 valence electrons. The molecule has 1 atom stereocenters. The van der Waals surface area contributed by atoms with Crippen LogP contribution in [0.4, 0.5) is 0 Å². The first-order chi connectivity index (χ1) is 8.60. The highest BCUT2D eigenvalue weighted by atomic mass is 16.5. The fraction of sp³-hybridized carbons (Fsp3) is 0.333. The van der Waals surface area contributed by atoms with E-state index in [1.807, 2.05) is 6.07 Å². The normalized spacial score (nSPS) is 19.3. The van der Waals surface area contributed by atoms with E-state index >= 15 is 0 Å². The molecule has 0 aliphatic carbocycles. The topological polar surface area (TPSA) is 93.8 Å². The molecule has 1 amide bonds. The first-order valence-electron chi connectivity index (χ1n) is 5.43. The highest BCUT2D eigenvalue weighted by Crippen LogP contribution is 2.22. The molecule has 0 bridgehead atoms. The van der Waals surface area contributed by atoms with Gasteiger partial charge in [-0.15, -0.1) is 0 Å². The van der Waals surface area contributed by atoms with Crippen molar-refractivity contribution in [1.82, 2.24) is 4.90 Å². The van der Waals surface area contributed by atoms with Gasteiger partial charge in [0.1, 0.15) is 11.5 Å². The zero-order valence-corrected chi connectivity index (χ0v) is 9.54. The number of ether oxygens (including phenoxy) is 1. The van der Waals surface area contributed by atoms with Crippen LogP contribution in [0.5, 0.6) is 11.5 Å². The van der Waals surface area contributed by atoms with Gasteiger partial charge < -0.3 is 19.8 Å². The molecule has 6 nitrogen and oxygen atoms in total. The molecule has 18 heavy (non-hydrogen) atoms. The molecule has 6 heteroatoms. The highest BCUT2D eigenvalue weighted by molar-refractivity contribution is 5.95. The number of phenols is 2. The Labute approximate surface area is 104 Å². The van der Waals surface area contributed by atoms with Gasteiger partial charge in [0.25, 0.3) is 5.91 Å². The van der Waals surface area contributed by atoms with Crippen molar-refractivity contribution in [2.75, 3.05) is 19.7 Å². The molecule has 0 aromatic heterocycles. The van der Waals surface area contributed by atoms with E-state index < -0.39 is 6.10 Å². The van der Waals surface area contributed by atoms with Gasteiger partial charge in [-0.3, -0.25) is 4.79 Å². The lowest BCUT2D eigenvalue weighted by molar-refractivity contribution is 0.00344. The van der Waals surface area contributed by atoms with Gasteiger partial charge in [0.05, 0.1) is 19.2 Å². The van der Waals surface area contributed by atoms with E-state index in [1.165, 1.54) is 17.0 Å². The number of hydrogen-bond donors (Lipinski definition) is 2. The molecule has 1 aromatic carbocycles. The Kier molecular flexibility index (Phi) is 3.35. The zero-order valence-electron chi connectivity index (χ0n) is 9.54. The Morgan fingerprint density at radius 1 is 1.39 bits per heavy atom. The van der Waals surface area contributed by atoms with E-state index in [9.17, 15) is 15.0 Å². The van der Waals surface area contributed by atoms with Crippen LogP contribution in [0.3, 0.4) is 0 Å². The average Bonchev–Trinajstić information content (AvgIpc) is 2.37. The van der Waals surface area contributed by atoms with Crippen LogP contribution in [0.25, 0.3) is 0 Å². The van der Waals surface area contributed by atoms with E-state index in [0.717, 1.165) is 6.07 Å². The molecule has 2 rings (SSSR count). The summed E-state index contributed by atoms with van der Waals surface area (Å²) < 4.78 is 5.14.